The highest BCUT2D eigenvalue weighted by Gasteiger charge is 2.18. The first-order valence-electron chi connectivity index (χ1n) is 6.88. The topological polar surface area (TPSA) is 56.7 Å². The summed E-state index contributed by atoms with van der Waals surface area (Å²) in [5, 5.41) is 1.06. The van der Waals surface area contributed by atoms with Crippen LogP contribution < -0.4 is 5.73 Å². The Kier molecular flexibility index (Phi) is 3.45. The Hall–Kier alpha value is -1.88. The smallest absolute Gasteiger partial charge is 0.132 e. The minimum atomic E-state index is 0.279. The first kappa shape index (κ1) is 14.1. The van der Waals surface area contributed by atoms with Gasteiger partial charge in [-0.05, 0) is 39.0 Å². The first-order chi connectivity index (χ1) is 10.0. The minimum absolute atomic E-state index is 0.279. The van der Waals surface area contributed by atoms with Gasteiger partial charge in [-0.15, -0.1) is 0 Å². The summed E-state index contributed by atoms with van der Waals surface area (Å²) in [5.74, 6) is 1.61. The number of aryl methyl sites for hydroxylation is 1. The van der Waals surface area contributed by atoms with Crippen LogP contribution in [0.3, 0.4) is 0 Å². The number of aromatic nitrogens is 3. The Balaban J connectivity index is 2.32. The SMILES string of the molecule is Cc1nc(-c2ccc(Br)c3cccnc23)c(N)n1C(C)C. The predicted molar refractivity (Wildman–Crippen MR) is 90.2 cm³/mol. The van der Waals surface area contributed by atoms with Crippen molar-refractivity contribution in [3.8, 4) is 11.3 Å². The lowest BCUT2D eigenvalue weighted by Gasteiger charge is -2.12. The standard InChI is InChI=1S/C16H17BrN4/c1-9(2)21-10(3)20-15(16(21)18)12-6-7-13(17)11-5-4-8-19-14(11)12/h4-9H,18H2,1-3H3. The highest BCUT2D eigenvalue weighted by atomic mass is 79.9. The third-order valence-electron chi connectivity index (χ3n) is 3.61. The van der Waals surface area contributed by atoms with Gasteiger partial charge in [-0.3, -0.25) is 4.98 Å². The Morgan fingerprint density at radius 1 is 1.24 bits per heavy atom. The molecule has 0 bridgehead atoms. The Morgan fingerprint density at radius 2 is 2.00 bits per heavy atom. The molecule has 3 rings (SSSR count). The minimum Gasteiger partial charge on any atom is -0.383 e. The molecule has 0 saturated heterocycles. The molecule has 0 amide bonds. The van der Waals surface area contributed by atoms with Gasteiger partial charge >= 0.3 is 0 Å². The molecule has 1 aromatic carbocycles. The molecule has 0 aliphatic rings. The number of imidazole rings is 1. The molecule has 0 fully saturated rings. The van der Waals surface area contributed by atoms with Crippen molar-refractivity contribution >= 4 is 32.7 Å². The van der Waals surface area contributed by atoms with Gasteiger partial charge in [-0.2, -0.15) is 0 Å². The lowest BCUT2D eigenvalue weighted by Crippen LogP contribution is -2.07. The summed E-state index contributed by atoms with van der Waals surface area (Å²) in [6, 6.07) is 8.28. The summed E-state index contributed by atoms with van der Waals surface area (Å²) >= 11 is 3.57. The molecular formula is C16H17BrN4. The van der Waals surface area contributed by atoms with Gasteiger partial charge in [0.05, 0.1) is 5.52 Å². The molecule has 108 valence electrons. The number of nitrogens with zero attached hydrogens (tertiary/aromatic N) is 3. The maximum Gasteiger partial charge on any atom is 0.132 e. The molecular weight excluding hydrogens is 328 g/mol. The average molecular weight is 345 g/mol. The van der Waals surface area contributed by atoms with Crippen LogP contribution in [0.4, 0.5) is 5.82 Å². The Morgan fingerprint density at radius 3 is 2.67 bits per heavy atom. The van der Waals surface area contributed by atoms with Crippen molar-refractivity contribution in [2.75, 3.05) is 5.73 Å². The fourth-order valence-corrected chi connectivity index (χ4v) is 3.19. The zero-order valence-electron chi connectivity index (χ0n) is 12.3. The van der Waals surface area contributed by atoms with E-state index in [1.54, 1.807) is 6.20 Å². The number of nitrogens with two attached hydrogens (primary N) is 1. The monoisotopic (exact) mass is 344 g/mol. The summed E-state index contributed by atoms with van der Waals surface area (Å²) < 4.78 is 3.07. The molecule has 0 atom stereocenters. The van der Waals surface area contributed by atoms with Gasteiger partial charge in [-0.1, -0.05) is 22.0 Å². The zero-order valence-corrected chi connectivity index (χ0v) is 13.8. The van der Waals surface area contributed by atoms with Crippen LogP contribution in [0.2, 0.25) is 0 Å². The second-order valence-corrected chi connectivity index (χ2v) is 6.21. The first-order valence-corrected chi connectivity index (χ1v) is 7.68. The molecule has 0 aliphatic heterocycles. The summed E-state index contributed by atoms with van der Waals surface area (Å²) in [6.07, 6.45) is 1.79. The molecule has 2 N–H and O–H groups in total. The van der Waals surface area contributed by atoms with Crippen molar-refractivity contribution in [2.45, 2.75) is 26.8 Å². The van der Waals surface area contributed by atoms with E-state index in [1.165, 1.54) is 0 Å². The van der Waals surface area contributed by atoms with E-state index in [2.05, 4.69) is 39.7 Å². The lowest BCUT2D eigenvalue weighted by atomic mass is 10.1. The van der Waals surface area contributed by atoms with Crippen molar-refractivity contribution < 1.29 is 0 Å². The molecule has 4 nitrogen and oxygen atoms in total. The van der Waals surface area contributed by atoms with Crippen LogP contribution in [0, 0.1) is 6.92 Å². The van der Waals surface area contributed by atoms with Crippen LogP contribution in [0.15, 0.2) is 34.9 Å². The van der Waals surface area contributed by atoms with Crippen molar-refractivity contribution in [3.63, 3.8) is 0 Å². The number of nitrogen functional groups attached to an aromatic ring is 1. The van der Waals surface area contributed by atoms with Gasteiger partial charge in [0.25, 0.3) is 0 Å². The number of fused-ring (bicyclic) bond motifs is 1. The van der Waals surface area contributed by atoms with Crippen LogP contribution >= 0.6 is 15.9 Å². The van der Waals surface area contributed by atoms with Gasteiger partial charge in [0.2, 0.25) is 0 Å². The second kappa shape index (κ2) is 5.15. The number of benzene rings is 1. The molecule has 3 aromatic rings. The predicted octanol–water partition coefficient (Wildman–Crippen LogP) is 4.33. The number of halogens is 1. The summed E-state index contributed by atoms with van der Waals surface area (Å²) in [6.45, 7) is 6.19. The Bertz CT molecular complexity index is 821. The summed E-state index contributed by atoms with van der Waals surface area (Å²) in [4.78, 5) is 9.17. The van der Waals surface area contributed by atoms with Crippen LogP contribution in [0.5, 0.6) is 0 Å². The number of hydrogen-bond donors (Lipinski definition) is 1. The highest BCUT2D eigenvalue weighted by Crippen LogP contribution is 2.35. The maximum absolute atomic E-state index is 6.33. The molecule has 0 spiro atoms. The van der Waals surface area contributed by atoms with E-state index in [4.69, 9.17) is 5.73 Å². The van der Waals surface area contributed by atoms with Gasteiger partial charge in [-0.25, -0.2) is 4.98 Å². The molecule has 0 radical (unpaired) electrons. The molecule has 0 unspecified atom stereocenters. The van der Waals surface area contributed by atoms with E-state index >= 15 is 0 Å². The zero-order chi connectivity index (χ0) is 15.1. The van der Waals surface area contributed by atoms with Crippen molar-refractivity contribution in [3.05, 3.63) is 40.8 Å². The second-order valence-electron chi connectivity index (χ2n) is 5.35. The third-order valence-corrected chi connectivity index (χ3v) is 4.30. The van der Waals surface area contributed by atoms with Crippen LogP contribution in [-0.4, -0.2) is 14.5 Å². The van der Waals surface area contributed by atoms with Gasteiger partial charge in [0.1, 0.15) is 17.3 Å². The fraction of sp³-hybridized carbons (Fsp3) is 0.250. The highest BCUT2D eigenvalue weighted by molar-refractivity contribution is 9.10. The van der Waals surface area contributed by atoms with Crippen LogP contribution in [0.1, 0.15) is 25.7 Å². The molecule has 2 aromatic heterocycles. The Labute approximate surface area is 132 Å². The fourth-order valence-electron chi connectivity index (χ4n) is 2.74. The van der Waals surface area contributed by atoms with E-state index in [1.807, 2.05) is 35.8 Å². The summed E-state index contributed by atoms with van der Waals surface area (Å²) in [5.41, 5.74) is 9.01. The normalized spacial score (nSPS) is 11.5. The number of pyridine rings is 1. The van der Waals surface area contributed by atoms with Crippen LogP contribution in [0.25, 0.3) is 22.2 Å². The molecule has 2 heterocycles. The maximum atomic E-state index is 6.33. The molecule has 5 heteroatoms. The quantitative estimate of drug-likeness (QED) is 0.752. The van der Waals surface area contributed by atoms with Crippen molar-refractivity contribution in [1.82, 2.24) is 14.5 Å². The third kappa shape index (κ3) is 2.21. The van der Waals surface area contributed by atoms with Gasteiger partial charge in [0, 0.05) is 27.7 Å². The van der Waals surface area contributed by atoms with E-state index in [0.717, 1.165) is 32.5 Å². The molecule has 0 aliphatic carbocycles. The van der Waals surface area contributed by atoms with E-state index in [-0.39, 0.29) is 6.04 Å². The lowest BCUT2D eigenvalue weighted by molar-refractivity contribution is 0.590. The largest absolute Gasteiger partial charge is 0.383 e. The average Bonchev–Trinajstić information content (AvgIpc) is 2.75. The van der Waals surface area contributed by atoms with Gasteiger partial charge in [0.15, 0.2) is 0 Å². The number of anilines is 1. The molecule has 21 heavy (non-hydrogen) atoms. The van der Waals surface area contributed by atoms with Crippen molar-refractivity contribution in [1.29, 1.82) is 0 Å². The van der Waals surface area contributed by atoms with E-state index < -0.39 is 0 Å². The van der Waals surface area contributed by atoms with Gasteiger partial charge < -0.3 is 10.3 Å². The van der Waals surface area contributed by atoms with Crippen LogP contribution in [-0.2, 0) is 0 Å². The van der Waals surface area contributed by atoms with Crippen molar-refractivity contribution in [2.24, 2.45) is 0 Å². The number of hydrogen-bond acceptors (Lipinski definition) is 3. The van der Waals surface area contributed by atoms with E-state index in [9.17, 15) is 0 Å². The number of rotatable bonds is 2. The molecule has 0 saturated carbocycles. The van der Waals surface area contributed by atoms with E-state index in [0.29, 0.717) is 5.82 Å². The summed E-state index contributed by atoms with van der Waals surface area (Å²) in [7, 11) is 0.